The highest BCUT2D eigenvalue weighted by atomic mass is 32.1. The van der Waals surface area contributed by atoms with Gasteiger partial charge in [0.25, 0.3) is 5.91 Å². The second-order valence-electron chi connectivity index (χ2n) is 4.13. The zero-order valence-electron chi connectivity index (χ0n) is 11.8. The minimum absolute atomic E-state index is 0.166. The van der Waals surface area contributed by atoms with Crippen molar-refractivity contribution in [2.45, 2.75) is 20.8 Å². The Labute approximate surface area is 122 Å². The predicted molar refractivity (Wildman–Crippen MR) is 74.4 cm³/mol. The smallest absolute Gasteiger partial charge is 0.367 e. The van der Waals surface area contributed by atoms with Crippen LogP contribution in [0.4, 0.5) is 0 Å². The molecule has 0 saturated heterocycles. The number of carbonyl (C=O) groups is 2. The van der Waals surface area contributed by atoms with Gasteiger partial charge in [-0.15, -0.1) is 11.3 Å². The van der Waals surface area contributed by atoms with Gasteiger partial charge in [-0.25, -0.2) is 9.78 Å². The number of thiazole rings is 1. The summed E-state index contributed by atoms with van der Waals surface area (Å²) in [6.45, 7) is 6.39. The number of nitrogens with zero attached hydrogens (tertiary/aromatic N) is 3. The maximum atomic E-state index is 12.2. The highest BCUT2D eigenvalue weighted by Crippen LogP contribution is 2.14. The Morgan fingerprint density at radius 2 is 2.25 bits per heavy atom. The van der Waals surface area contributed by atoms with Gasteiger partial charge >= 0.3 is 5.97 Å². The number of esters is 1. The number of carbonyl (C=O) groups excluding carboxylic acids is 2. The molecule has 1 amide bonds. The van der Waals surface area contributed by atoms with Crippen LogP contribution in [0, 0.1) is 17.2 Å². The number of aromatic nitrogens is 1. The summed E-state index contributed by atoms with van der Waals surface area (Å²) in [5.41, 5.74) is 0.213. The van der Waals surface area contributed by atoms with Gasteiger partial charge in [0.1, 0.15) is 5.69 Å². The molecular formula is C13H17N3O3S. The molecule has 0 bridgehead atoms. The third-order valence-electron chi connectivity index (χ3n) is 2.56. The van der Waals surface area contributed by atoms with E-state index in [4.69, 9.17) is 10.00 Å². The van der Waals surface area contributed by atoms with Gasteiger partial charge < -0.3 is 9.64 Å². The molecule has 0 fully saturated rings. The number of ether oxygens (including phenoxy) is 1. The Bertz CT molecular complexity index is 521. The standard InChI is InChI=1S/C13H17N3O3S/c1-4-16(7-9(3)6-14)12(17)10-8-20-11(15-10)13(18)19-5-2/h8-9H,4-5,7H2,1-3H3. The summed E-state index contributed by atoms with van der Waals surface area (Å²) in [6.07, 6.45) is 0. The van der Waals surface area contributed by atoms with Crippen molar-refractivity contribution in [3.63, 3.8) is 0 Å². The maximum Gasteiger partial charge on any atom is 0.367 e. The van der Waals surface area contributed by atoms with Crippen molar-refractivity contribution in [3.05, 3.63) is 16.1 Å². The number of hydrogen-bond acceptors (Lipinski definition) is 6. The lowest BCUT2D eigenvalue weighted by molar-refractivity contribution is 0.0526. The normalized spacial score (nSPS) is 11.5. The van der Waals surface area contributed by atoms with Crippen LogP contribution in [0.2, 0.25) is 0 Å². The number of hydrogen-bond donors (Lipinski definition) is 0. The number of nitriles is 1. The summed E-state index contributed by atoms with van der Waals surface area (Å²) in [5, 5.41) is 10.5. The lowest BCUT2D eigenvalue weighted by Gasteiger charge is -2.20. The highest BCUT2D eigenvalue weighted by Gasteiger charge is 2.21. The van der Waals surface area contributed by atoms with E-state index in [1.54, 1.807) is 13.8 Å². The van der Waals surface area contributed by atoms with Crippen LogP contribution in [0.3, 0.4) is 0 Å². The first-order valence-electron chi connectivity index (χ1n) is 6.34. The molecule has 0 aliphatic heterocycles. The Morgan fingerprint density at radius 1 is 1.55 bits per heavy atom. The van der Waals surface area contributed by atoms with E-state index in [0.717, 1.165) is 11.3 Å². The van der Waals surface area contributed by atoms with Crippen molar-refractivity contribution < 1.29 is 14.3 Å². The Kier molecular flexibility index (Phi) is 6.12. The third kappa shape index (κ3) is 4.03. The van der Waals surface area contributed by atoms with E-state index in [1.165, 1.54) is 10.3 Å². The van der Waals surface area contributed by atoms with Crippen LogP contribution in [0.25, 0.3) is 0 Å². The summed E-state index contributed by atoms with van der Waals surface area (Å²) in [7, 11) is 0. The molecule has 0 saturated carbocycles. The molecule has 0 aromatic carbocycles. The summed E-state index contributed by atoms with van der Waals surface area (Å²) < 4.78 is 4.83. The lowest BCUT2D eigenvalue weighted by atomic mass is 10.2. The molecular weight excluding hydrogens is 278 g/mol. The molecule has 0 radical (unpaired) electrons. The van der Waals surface area contributed by atoms with Crippen LogP contribution in [0.15, 0.2) is 5.38 Å². The SMILES string of the molecule is CCOC(=O)c1nc(C(=O)N(CC)CC(C)C#N)cs1. The predicted octanol–water partition coefficient (Wildman–Crippen LogP) is 1.94. The number of rotatable bonds is 6. The van der Waals surface area contributed by atoms with Gasteiger partial charge in [-0.3, -0.25) is 4.79 Å². The summed E-state index contributed by atoms with van der Waals surface area (Å²) in [6, 6.07) is 2.09. The largest absolute Gasteiger partial charge is 0.461 e. The monoisotopic (exact) mass is 295 g/mol. The van der Waals surface area contributed by atoms with Crippen LogP contribution < -0.4 is 0 Å². The zero-order valence-corrected chi connectivity index (χ0v) is 12.6. The fourth-order valence-corrected chi connectivity index (χ4v) is 2.23. The fourth-order valence-electron chi connectivity index (χ4n) is 1.55. The average Bonchev–Trinajstić information content (AvgIpc) is 2.93. The van der Waals surface area contributed by atoms with Gasteiger partial charge in [0.15, 0.2) is 0 Å². The topological polar surface area (TPSA) is 83.3 Å². The molecule has 0 aliphatic rings. The van der Waals surface area contributed by atoms with E-state index < -0.39 is 5.97 Å². The van der Waals surface area contributed by atoms with Gasteiger partial charge in [0.05, 0.1) is 18.6 Å². The van der Waals surface area contributed by atoms with Crippen molar-refractivity contribution in [1.82, 2.24) is 9.88 Å². The molecule has 0 spiro atoms. The van der Waals surface area contributed by atoms with E-state index in [0.29, 0.717) is 13.1 Å². The average molecular weight is 295 g/mol. The number of amides is 1. The van der Waals surface area contributed by atoms with Crippen molar-refractivity contribution in [2.24, 2.45) is 5.92 Å². The van der Waals surface area contributed by atoms with Gasteiger partial charge in [-0.05, 0) is 20.8 Å². The van der Waals surface area contributed by atoms with Crippen LogP contribution >= 0.6 is 11.3 Å². The van der Waals surface area contributed by atoms with Crippen molar-refractivity contribution in [2.75, 3.05) is 19.7 Å². The first kappa shape index (κ1) is 16.1. The zero-order chi connectivity index (χ0) is 15.1. The van der Waals surface area contributed by atoms with E-state index in [1.807, 2.05) is 6.92 Å². The van der Waals surface area contributed by atoms with Crippen molar-refractivity contribution in [3.8, 4) is 6.07 Å². The van der Waals surface area contributed by atoms with Crippen LogP contribution in [-0.4, -0.2) is 41.5 Å². The molecule has 1 heterocycles. The van der Waals surface area contributed by atoms with Gasteiger partial charge in [-0.1, -0.05) is 0 Å². The first-order valence-corrected chi connectivity index (χ1v) is 7.22. The van der Waals surface area contributed by atoms with Gasteiger partial charge in [0, 0.05) is 18.5 Å². The molecule has 108 valence electrons. The molecule has 1 aromatic heterocycles. The summed E-state index contributed by atoms with van der Waals surface area (Å²) >= 11 is 1.08. The van der Waals surface area contributed by atoms with Crippen molar-refractivity contribution >= 4 is 23.2 Å². The van der Waals surface area contributed by atoms with E-state index in [-0.39, 0.29) is 29.1 Å². The molecule has 20 heavy (non-hydrogen) atoms. The minimum atomic E-state index is -0.523. The summed E-state index contributed by atoms with van der Waals surface area (Å²) in [5.74, 6) is -1.05. The highest BCUT2D eigenvalue weighted by molar-refractivity contribution is 7.11. The molecule has 1 rings (SSSR count). The molecule has 0 N–H and O–H groups in total. The van der Waals surface area contributed by atoms with Crippen LogP contribution in [-0.2, 0) is 4.74 Å². The third-order valence-corrected chi connectivity index (χ3v) is 3.38. The quantitative estimate of drug-likeness (QED) is 0.749. The molecule has 7 heteroatoms. The maximum absolute atomic E-state index is 12.2. The molecule has 6 nitrogen and oxygen atoms in total. The Morgan fingerprint density at radius 3 is 2.80 bits per heavy atom. The van der Waals surface area contributed by atoms with Crippen molar-refractivity contribution in [1.29, 1.82) is 5.26 Å². The second kappa shape index (κ2) is 7.60. The molecule has 0 aliphatic carbocycles. The lowest BCUT2D eigenvalue weighted by Crippen LogP contribution is -2.34. The van der Waals surface area contributed by atoms with Crippen LogP contribution in [0.5, 0.6) is 0 Å². The van der Waals surface area contributed by atoms with Gasteiger partial charge in [0.2, 0.25) is 5.01 Å². The molecule has 1 atom stereocenters. The van der Waals surface area contributed by atoms with E-state index in [9.17, 15) is 9.59 Å². The fraction of sp³-hybridized carbons (Fsp3) is 0.538. The van der Waals surface area contributed by atoms with Gasteiger partial charge in [-0.2, -0.15) is 5.26 Å². The Hall–Kier alpha value is -1.94. The Balaban J connectivity index is 2.81. The molecule has 1 aromatic rings. The minimum Gasteiger partial charge on any atom is -0.461 e. The first-order chi connectivity index (χ1) is 9.53. The van der Waals surface area contributed by atoms with Crippen LogP contribution in [0.1, 0.15) is 41.1 Å². The molecule has 1 unspecified atom stereocenters. The second-order valence-corrected chi connectivity index (χ2v) is 4.99. The van der Waals surface area contributed by atoms with E-state index >= 15 is 0 Å². The van der Waals surface area contributed by atoms with E-state index in [2.05, 4.69) is 11.1 Å². The summed E-state index contributed by atoms with van der Waals surface area (Å²) in [4.78, 5) is 29.3.